The van der Waals surface area contributed by atoms with Gasteiger partial charge in [-0.05, 0) is 35.9 Å². The van der Waals surface area contributed by atoms with E-state index in [1.54, 1.807) is 25.3 Å². The first-order valence-corrected chi connectivity index (χ1v) is 11.7. The number of rotatable bonds is 9. The summed E-state index contributed by atoms with van der Waals surface area (Å²) in [6, 6.07) is 22.5. The van der Waals surface area contributed by atoms with Gasteiger partial charge in [-0.3, -0.25) is 4.79 Å². The largest absolute Gasteiger partial charge is 0.495 e. The molecule has 0 saturated carbocycles. The van der Waals surface area contributed by atoms with Gasteiger partial charge in [-0.1, -0.05) is 70.2 Å². The summed E-state index contributed by atoms with van der Waals surface area (Å²) in [5.41, 5.74) is 8.32. The molecule has 3 aromatic rings. The molecule has 0 heterocycles. The Kier molecular flexibility index (Phi) is 9.34. The van der Waals surface area contributed by atoms with Crippen molar-refractivity contribution in [2.75, 3.05) is 19.0 Å². The number of anilines is 1. The van der Waals surface area contributed by atoms with Crippen molar-refractivity contribution < 1.29 is 14.3 Å². The number of carbonyl (C=O) groups excluding carboxylic acids is 1. The van der Waals surface area contributed by atoms with Crippen LogP contribution in [0.2, 0.25) is 0 Å². The zero-order chi connectivity index (χ0) is 23.5. The molecule has 0 aromatic heterocycles. The number of nitrogens with one attached hydrogen (secondary N) is 1. The Labute approximate surface area is 205 Å². The van der Waals surface area contributed by atoms with Gasteiger partial charge in [0, 0.05) is 15.8 Å². The average Bonchev–Trinajstić information content (AvgIpc) is 2.83. The van der Waals surface area contributed by atoms with Gasteiger partial charge in [0.05, 0.1) is 19.0 Å². The topological polar surface area (TPSA) is 98.3 Å². The summed E-state index contributed by atoms with van der Waals surface area (Å²) in [7, 11) is 1.55. The van der Waals surface area contributed by atoms with Crippen molar-refractivity contribution in [1.82, 2.24) is 0 Å². The molecule has 33 heavy (non-hydrogen) atoms. The lowest BCUT2D eigenvalue weighted by Crippen LogP contribution is -2.20. The number of nitrogens with zero attached hydrogens (tertiary/aromatic N) is 2. The van der Waals surface area contributed by atoms with Crippen LogP contribution in [0.3, 0.4) is 0 Å². The Morgan fingerprint density at radius 2 is 1.85 bits per heavy atom. The van der Waals surface area contributed by atoms with E-state index in [0.29, 0.717) is 33.7 Å². The van der Waals surface area contributed by atoms with E-state index in [9.17, 15) is 4.79 Å². The summed E-state index contributed by atoms with van der Waals surface area (Å²) >= 11 is 4.83. The second-order valence-electron chi connectivity index (χ2n) is 6.68. The van der Waals surface area contributed by atoms with E-state index in [1.807, 2.05) is 54.6 Å². The van der Waals surface area contributed by atoms with Gasteiger partial charge < -0.3 is 20.5 Å². The fraction of sp³-hybridized carbons (Fsp3) is 0.125. The van der Waals surface area contributed by atoms with Crippen molar-refractivity contribution in [2.45, 2.75) is 5.75 Å². The van der Waals surface area contributed by atoms with Crippen LogP contribution in [0.15, 0.2) is 87.5 Å². The van der Waals surface area contributed by atoms with E-state index in [-0.39, 0.29) is 12.5 Å². The van der Waals surface area contributed by atoms with Gasteiger partial charge in [-0.25, -0.2) is 0 Å². The standard InChI is InChI=1S/C24H23BrN4O3S/c1-31-22-10-6-5-9-20(22)28-23(30)15-32-21-12-11-19(25)13-18(21)14-27-29-24(26)33-16-17-7-3-2-4-8-17/h2-14H,15-16H2,1H3,(H2,26,29)(H,28,30). The summed E-state index contributed by atoms with van der Waals surface area (Å²) in [5, 5.41) is 11.2. The maximum atomic E-state index is 12.3. The number of nitrogens with two attached hydrogens (primary N) is 1. The Bertz CT molecular complexity index is 1140. The van der Waals surface area contributed by atoms with Crippen molar-refractivity contribution in [1.29, 1.82) is 0 Å². The van der Waals surface area contributed by atoms with Gasteiger partial charge in [0.1, 0.15) is 11.5 Å². The van der Waals surface area contributed by atoms with Crippen LogP contribution in [0.4, 0.5) is 5.69 Å². The Balaban J connectivity index is 1.59. The third kappa shape index (κ3) is 7.96. The molecule has 0 fully saturated rings. The molecule has 3 aromatic carbocycles. The monoisotopic (exact) mass is 526 g/mol. The van der Waals surface area contributed by atoms with E-state index < -0.39 is 0 Å². The summed E-state index contributed by atoms with van der Waals surface area (Å²) in [4.78, 5) is 12.3. The second-order valence-corrected chi connectivity index (χ2v) is 8.59. The molecule has 0 aliphatic heterocycles. The van der Waals surface area contributed by atoms with E-state index in [1.165, 1.54) is 18.0 Å². The summed E-state index contributed by atoms with van der Waals surface area (Å²) in [6.07, 6.45) is 1.54. The Hall–Kier alpha value is -3.30. The highest BCUT2D eigenvalue weighted by Gasteiger charge is 2.10. The van der Waals surface area contributed by atoms with E-state index in [2.05, 4.69) is 31.4 Å². The van der Waals surface area contributed by atoms with Crippen molar-refractivity contribution in [3.8, 4) is 11.5 Å². The van der Waals surface area contributed by atoms with Crippen molar-refractivity contribution >= 4 is 50.7 Å². The quantitative estimate of drug-likeness (QED) is 0.230. The molecule has 0 saturated heterocycles. The molecule has 0 aliphatic carbocycles. The van der Waals surface area contributed by atoms with Crippen molar-refractivity contribution in [2.24, 2.45) is 15.9 Å². The first-order valence-electron chi connectivity index (χ1n) is 9.93. The van der Waals surface area contributed by atoms with E-state index in [4.69, 9.17) is 15.2 Å². The number of methoxy groups -OCH3 is 1. The number of carbonyl (C=O) groups is 1. The Morgan fingerprint density at radius 1 is 1.09 bits per heavy atom. The molecule has 0 aliphatic rings. The van der Waals surface area contributed by atoms with Gasteiger partial charge in [-0.15, -0.1) is 5.10 Å². The lowest BCUT2D eigenvalue weighted by Gasteiger charge is -2.12. The number of amides is 1. The van der Waals surface area contributed by atoms with Crippen LogP contribution in [0.5, 0.6) is 11.5 Å². The highest BCUT2D eigenvalue weighted by molar-refractivity contribution is 9.10. The smallest absolute Gasteiger partial charge is 0.262 e. The molecule has 7 nitrogen and oxygen atoms in total. The number of benzene rings is 3. The van der Waals surface area contributed by atoms with Gasteiger partial charge in [0.2, 0.25) is 0 Å². The first-order chi connectivity index (χ1) is 16.0. The molecule has 0 bridgehead atoms. The van der Waals surface area contributed by atoms with Crippen LogP contribution >= 0.6 is 27.7 Å². The summed E-state index contributed by atoms with van der Waals surface area (Å²) in [5.74, 6) is 1.45. The van der Waals surface area contributed by atoms with Gasteiger partial charge in [0.25, 0.3) is 5.91 Å². The number of amidine groups is 1. The molecule has 0 unspecified atom stereocenters. The minimum atomic E-state index is -0.315. The third-order valence-electron chi connectivity index (χ3n) is 4.29. The molecule has 0 radical (unpaired) electrons. The van der Waals surface area contributed by atoms with Crippen LogP contribution in [0.25, 0.3) is 0 Å². The highest BCUT2D eigenvalue weighted by Crippen LogP contribution is 2.24. The van der Waals surface area contributed by atoms with E-state index >= 15 is 0 Å². The van der Waals surface area contributed by atoms with Gasteiger partial charge >= 0.3 is 0 Å². The molecule has 0 atom stereocenters. The summed E-state index contributed by atoms with van der Waals surface area (Å²) in [6.45, 7) is -0.182. The highest BCUT2D eigenvalue weighted by atomic mass is 79.9. The van der Waals surface area contributed by atoms with Crippen LogP contribution in [0.1, 0.15) is 11.1 Å². The lowest BCUT2D eigenvalue weighted by atomic mass is 10.2. The average molecular weight is 527 g/mol. The minimum absolute atomic E-state index is 0.182. The molecule has 0 spiro atoms. The number of para-hydroxylation sites is 2. The minimum Gasteiger partial charge on any atom is -0.495 e. The normalized spacial score (nSPS) is 11.4. The maximum absolute atomic E-state index is 12.3. The fourth-order valence-corrected chi connectivity index (χ4v) is 3.73. The van der Waals surface area contributed by atoms with Gasteiger partial charge in [0.15, 0.2) is 11.8 Å². The zero-order valence-electron chi connectivity index (χ0n) is 17.9. The second kappa shape index (κ2) is 12.7. The molecule has 1 amide bonds. The molecular weight excluding hydrogens is 504 g/mol. The predicted molar refractivity (Wildman–Crippen MR) is 138 cm³/mol. The number of halogens is 1. The first kappa shape index (κ1) is 24.3. The molecular formula is C24H23BrN4O3S. The fourth-order valence-electron chi connectivity index (χ4n) is 2.74. The van der Waals surface area contributed by atoms with Crippen LogP contribution in [-0.4, -0.2) is 31.0 Å². The zero-order valence-corrected chi connectivity index (χ0v) is 20.3. The molecule has 170 valence electrons. The third-order valence-corrected chi connectivity index (χ3v) is 5.64. The number of hydrogen-bond donors (Lipinski definition) is 2. The molecule has 3 N–H and O–H groups in total. The van der Waals surface area contributed by atoms with E-state index in [0.717, 1.165) is 10.0 Å². The number of hydrogen-bond acceptors (Lipinski definition) is 6. The predicted octanol–water partition coefficient (Wildman–Crippen LogP) is 5.06. The maximum Gasteiger partial charge on any atom is 0.262 e. The summed E-state index contributed by atoms with van der Waals surface area (Å²) < 4.78 is 11.8. The Morgan fingerprint density at radius 3 is 2.64 bits per heavy atom. The lowest BCUT2D eigenvalue weighted by molar-refractivity contribution is -0.118. The van der Waals surface area contributed by atoms with Crippen molar-refractivity contribution in [3.05, 3.63) is 88.4 Å². The van der Waals surface area contributed by atoms with Crippen LogP contribution in [-0.2, 0) is 10.5 Å². The molecule has 9 heteroatoms. The van der Waals surface area contributed by atoms with Crippen LogP contribution in [0, 0.1) is 0 Å². The van der Waals surface area contributed by atoms with Gasteiger partial charge in [-0.2, -0.15) is 5.10 Å². The SMILES string of the molecule is COc1ccccc1NC(=O)COc1ccc(Br)cc1C=NN=C(N)SCc1ccccc1. The van der Waals surface area contributed by atoms with Crippen molar-refractivity contribution in [3.63, 3.8) is 0 Å². The number of thioether (sulfide) groups is 1. The van der Waals surface area contributed by atoms with Crippen LogP contribution < -0.4 is 20.5 Å². The number of ether oxygens (including phenoxy) is 2. The molecule has 3 rings (SSSR count).